The van der Waals surface area contributed by atoms with E-state index in [9.17, 15) is 8.42 Å². The van der Waals surface area contributed by atoms with E-state index in [0.717, 1.165) is 13.1 Å². The topological polar surface area (TPSA) is 49.4 Å². The molecular formula is C16H22N2O2S3. The quantitative estimate of drug-likeness (QED) is 0.843. The van der Waals surface area contributed by atoms with E-state index in [0.29, 0.717) is 10.8 Å². The first kappa shape index (κ1) is 17.1. The Hall–Kier alpha value is -0.730. The fraction of sp³-hybridized carbons (Fsp3) is 0.500. The lowest BCUT2D eigenvalue weighted by Gasteiger charge is -2.30. The molecule has 1 fully saturated rings. The molecule has 0 amide bonds. The Bertz CT molecular complexity index is 673. The number of thiophene rings is 2. The van der Waals surface area contributed by atoms with Crippen molar-refractivity contribution in [3.05, 3.63) is 39.9 Å². The summed E-state index contributed by atoms with van der Waals surface area (Å²) in [6, 6.07) is 5.65. The van der Waals surface area contributed by atoms with Crippen LogP contribution in [0.4, 0.5) is 0 Å². The second-order valence-corrected chi connectivity index (χ2v) is 9.53. The Balaban J connectivity index is 1.74. The zero-order chi connectivity index (χ0) is 16.1. The van der Waals surface area contributed by atoms with Crippen molar-refractivity contribution in [1.82, 2.24) is 9.62 Å². The Morgan fingerprint density at radius 3 is 2.52 bits per heavy atom. The maximum atomic E-state index is 12.4. The van der Waals surface area contributed by atoms with Gasteiger partial charge in [0.15, 0.2) is 0 Å². The van der Waals surface area contributed by atoms with Gasteiger partial charge in [-0.25, -0.2) is 13.1 Å². The van der Waals surface area contributed by atoms with E-state index in [-0.39, 0.29) is 6.04 Å². The Labute approximate surface area is 146 Å². The molecule has 0 aromatic carbocycles. The molecule has 3 rings (SSSR count). The SMILES string of the molecule is O=S(=O)(NCC(c1ccsc1)N1CCCCCC1)c1cccs1. The highest BCUT2D eigenvalue weighted by Gasteiger charge is 2.24. The molecular weight excluding hydrogens is 348 g/mol. The van der Waals surface area contributed by atoms with Gasteiger partial charge in [-0.2, -0.15) is 11.3 Å². The van der Waals surface area contributed by atoms with Crippen LogP contribution in [-0.4, -0.2) is 33.0 Å². The van der Waals surface area contributed by atoms with Gasteiger partial charge < -0.3 is 0 Å². The number of nitrogens with zero attached hydrogens (tertiary/aromatic N) is 1. The van der Waals surface area contributed by atoms with Crippen molar-refractivity contribution in [3.63, 3.8) is 0 Å². The Kier molecular flexibility index (Phi) is 5.87. The standard InChI is InChI=1S/C16H22N2O2S3/c19-23(20,16-6-5-10-22-16)17-12-15(14-7-11-21-13-14)18-8-3-1-2-4-9-18/h5-7,10-11,13,15,17H,1-4,8-9,12H2. The molecule has 0 spiro atoms. The highest BCUT2D eigenvalue weighted by Crippen LogP contribution is 2.26. The summed E-state index contributed by atoms with van der Waals surface area (Å²) in [6.45, 7) is 2.51. The highest BCUT2D eigenvalue weighted by atomic mass is 32.2. The van der Waals surface area contributed by atoms with E-state index in [1.54, 1.807) is 28.8 Å². The summed E-state index contributed by atoms with van der Waals surface area (Å²) in [6.07, 6.45) is 4.93. The second-order valence-electron chi connectivity index (χ2n) is 5.81. The van der Waals surface area contributed by atoms with Gasteiger partial charge in [-0.1, -0.05) is 18.9 Å². The van der Waals surface area contributed by atoms with Crippen LogP contribution in [0.3, 0.4) is 0 Å². The number of sulfonamides is 1. The summed E-state index contributed by atoms with van der Waals surface area (Å²) >= 11 is 2.92. The van der Waals surface area contributed by atoms with Crippen molar-refractivity contribution in [2.24, 2.45) is 0 Å². The van der Waals surface area contributed by atoms with Crippen LogP contribution in [-0.2, 0) is 10.0 Å². The van der Waals surface area contributed by atoms with Crippen molar-refractivity contribution in [2.45, 2.75) is 35.9 Å². The monoisotopic (exact) mass is 370 g/mol. The molecule has 0 saturated carbocycles. The van der Waals surface area contributed by atoms with Gasteiger partial charge >= 0.3 is 0 Å². The van der Waals surface area contributed by atoms with E-state index in [4.69, 9.17) is 0 Å². The summed E-state index contributed by atoms with van der Waals surface area (Å²) in [5.74, 6) is 0. The van der Waals surface area contributed by atoms with Gasteiger partial charge in [-0.15, -0.1) is 11.3 Å². The Morgan fingerprint density at radius 2 is 1.91 bits per heavy atom. The molecule has 126 valence electrons. The number of hydrogen-bond donors (Lipinski definition) is 1. The van der Waals surface area contributed by atoms with Crippen LogP contribution in [0.5, 0.6) is 0 Å². The third-order valence-electron chi connectivity index (χ3n) is 4.24. The number of likely N-dealkylation sites (tertiary alicyclic amines) is 1. The zero-order valence-corrected chi connectivity index (χ0v) is 15.4. The molecule has 1 saturated heterocycles. The number of rotatable bonds is 6. The molecule has 23 heavy (non-hydrogen) atoms. The molecule has 4 nitrogen and oxygen atoms in total. The van der Waals surface area contributed by atoms with E-state index < -0.39 is 10.0 Å². The van der Waals surface area contributed by atoms with Gasteiger partial charge in [0.25, 0.3) is 0 Å². The van der Waals surface area contributed by atoms with Gasteiger partial charge in [0.2, 0.25) is 10.0 Å². The van der Waals surface area contributed by atoms with Crippen LogP contribution in [0.2, 0.25) is 0 Å². The van der Waals surface area contributed by atoms with Crippen LogP contribution in [0.25, 0.3) is 0 Å². The lowest BCUT2D eigenvalue weighted by Crippen LogP contribution is -2.38. The number of hydrogen-bond acceptors (Lipinski definition) is 5. The van der Waals surface area contributed by atoms with Crippen LogP contribution < -0.4 is 4.72 Å². The molecule has 1 aliphatic rings. The third kappa shape index (κ3) is 4.42. The van der Waals surface area contributed by atoms with Gasteiger partial charge in [-0.3, -0.25) is 4.90 Å². The maximum absolute atomic E-state index is 12.4. The maximum Gasteiger partial charge on any atom is 0.250 e. The zero-order valence-electron chi connectivity index (χ0n) is 13.0. The average Bonchev–Trinajstić information content (AvgIpc) is 3.19. The molecule has 0 radical (unpaired) electrons. The van der Waals surface area contributed by atoms with E-state index in [1.165, 1.54) is 42.6 Å². The first-order valence-corrected chi connectivity index (χ1v) is 11.3. The summed E-state index contributed by atoms with van der Waals surface area (Å²) in [4.78, 5) is 2.44. The van der Waals surface area contributed by atoms with Crippen molar-refractivity contribution >= 4 is 32.7 Å². The molecule has 0 bridgehead atoms. The second kappa shape index (κ2) is 7.90. The van der Waals surface area contributed by atoms with Gasteiger partial charge in [0, 0.05) is 12.6 Å². The molecule has 1 N–H and O–H groups in total. The van der Waals surface area contributed by atoms with Crippen LogP contribution in [0.15, 0.2) is 38.5 Å². The molecule has 2 aromatic rings. The van der Waals surface area contributed by atoms with Gasteiger partial charge in [0.05, 0.1) is 0 Å². The first-order valence-electron chi connectivity index (χ1n) is 7.96. The molecule has 2 aromatic heterocycles. The minimum atomic E-state index is -3.41. The lowest BCUT2D eigenvalue weighted by molar-refractivity contribution is 0.206. The molecule has 0 aliphatic carbocycles. The molecule has 1 aliphatic heterocycles. The summed E-state index contributed by atoms with van der Waals surface area (Å²) in [7, 11) is -3.41. The van der Waals surface area contributed by atoms with Gasteiger partial charge in [0.1, 0.15) is 4.21 Å². The fourth-order valence-electron chi connectivity index (χ4n) is 3.01. The third-order valence-corrected chi connectivity index (χ3v) is 7.76. The van der Waals surface area contributed by atoms with Crippen molar-refractivity contribution in [1.29, 1.82) is 0 Å². The molecule has 1 atom stereocenters. The minimum absolute atomic E-state index is 0.120. The van der Waals surface area contributed by atoms with E-state index in [2.05, 4.69) is 26.4 Å². The van der Waals surface area contributed by atoms with E-state index >= 15 is 0 Å². The highest BCUT2D eigenvalue weighted by molar-refractivity contribution is 7.91. The number of nitrogens with one attached hydrogen (secondary N) is 1. The summed E-state index contributed by atoms with van der Waals surface area (Å²) < 4.78 is 28.0. The van der Waals surface area contributed by atoms with Crippen molar-refractivity contribution in [3.8, 4) is 0 Å². The molecule has 1 unspecified atom stereocenters. The van der Waals surface area contributed by atoms with Crippen LogP contribution in [0, 0.1) is 0 Å². The normalized spacial score (nSPS) is 18.6. The largest absolute Gasteiger partial charge is 0.295 e. The van der Waals surface area contributed by atoms with Crippen LogP contribution in [0.1, 0.15) is 37.3 Å². The van der Waals surface area contributed by atoms with Crippen molar-refractivity contribution < 1.29 is 8.42 Å². The van der Waals surface area contributed by atoms with Crippen molar-refractivity contribution in [2.75, 3.05) is 19.6 Å². The Morgan fingerprint density at radius 1 is 1.13 bits per heavy atom. The van der Waals surface area contributed by atoms with Gasteiger partial charge in [-0.05, 0) is 59.8 Å². The summed E-state index contributed by atoms with van der Waals surface area (Å²) in [5.41, 5.74) is 1.21. The smallest absolute Gasteiger partial charge is 0.250 e. The predicted octanol–water partition coefficient (Wildman–Crippen LogP) is 3.71. The van der Waals surface area contributed by atoms with E-state index in [1.807, 2.05) is 0 Å². The minimum Gasteiger partial charge on any atom is -0.295 e. The average molecular weight is 371 g/mol. The van der Waals surface area contributed by atoms with Crippen LogP contribution >= 0.6 is 22.7 Å². The first-order chi connectivity index (χ1) is 11.2. The predicted molar refractivity (Wildman–Crippen MR) is 96.6 cm³/mol. The summed E-state index contributed by atoms with van der Waals surface area (Å²) in [5, 5.41) is 5.99. The fourth-order valence-corrected chi connectivity index (χ4v) is 5.79. The lowest BCUT2D eigenvalue weighted by atomic mass is 10.1. The molecule has 7 heteroatoms. The molecule has 3 heterocycles.